The monoisotopic (exact) mass is 269 g/mol. The molecular formula is C12H15NO4S. The summed E-state index contributed by atoms with van der Waals surface area (Å²) in [6.07, 6.45) is 0.314. The number of aryl methyl sites for hydroxylation is 1. The van der Waals surface area contributed by atoms with E-state index in [2.05, 4.69) is 0 Å². The predicted octanol–water partition coefficient (Wildman–Crippen LogP) is 1.18. The Morgan fingerprint density at radius 3 is 2.39 bits per heavy atom. The Bertz CT molecular complexity index is 568. The predicted molar refractivity (Wildman–Crippen MR) is 70.8 cm³/mol. The lowest BCUT2D eigenvalue weighted by Gasteiger charge is -2.05. The molecule has 18 heavy (non-hydrogen) atoms. The van der Waals surface area contributed by atoms with Crippen molar-refractivity contribution >= 4 is 27.0 Å². The highest BCUT2D eigenvalue weighted by Crippen LogP contribution is 2.04. The van der Waals surface area contributed by atoms with Crippen LogP contribution in [0.4, 0.5) is 0 Å². The molecule has 1 atom stereocenters. The molecule has 2 N–H and O–H groups in total. The molecule has 1 rings (SSSR count). The maximum Gasteiger partial charge on any atom is 0.305 e. The molecule has 1 amide bonds. The average Bonchev–Trinajstić information content (AvgIpc) is 2.28. The zero-order valence-corrected chi connectivity index (χ0v) is 11.0. The number of hydrogen-bond donors (Lipinski definition) is 2. The van der Waals surface area contributed by atoms with Crippen LogP contribution in [-0.2, 0) is 14.8 Å². The van der Waals surface area contributed by atoms with E-state index in [1.54, 1.807) is 19.1 Å². The molecule has 0 aliphatic rings. The first-order valence-corrected chi connectivity index (χ1v) is 6.96. The van der Waals surface area contributed by atoms with Crippen molar-refractivity contribution in [3.63, 3.8) is 0 Å². The number of nitrogens with one attached hydrogen (secondary N) is 1. The number of benzene rings is 1. The summed E-state index contributed by atoms with van der Waals surface area (Å²) >= 11 is 0. The Hall–Kier alpha value is -1.66. The molecule has 1 aromatic carbocycles. The van der Waals surface area contributed by atoms with Gasteiger partial charge in [-0.15, -0.1) is 0 Å². The number of Topliss-reactive ketones (excluding diaryl/α,β-unsaturated/α-hetero) is 1. The second-order valence-electron chi connectivity index (χ2n) is 3.77. The van der Waals surface area contributed by atoms with E-state index in [0.717, 1.165) is 10.9 Å². The molecule has 98 valence electrons. The SMILES string of the molecule is CCC=S(=O)(O)NC(=O)C(=O)c1ccc(C)cc1. The number of hydrogen-bond acceptors (Lipinski definition) is 3. The Morgan fingerprint density at radius 1 is 1.33 bits per heavy atom. The van der Waals surface area contributed by atoms with Crippen LogP contribution in [0.2, 0.25) is 0 Å². The third-order valence-electron chi connectivity index (χ3n) is 2.15. The highest BCUT2D eigenvalue weighted by atomic mass is 32.2. The minimum Gasteiger partial charge on any atom is -0.298 e. The van der Waals surface area contributed by atoms with Crippen LogP contribution in [0.1, 0.15) is 29.3 Å². The smallest absolute Gasteiger partial charge is 0.298 e. The van der Waals surface area contributed by atoms with Gasteiger partial charge in [0.05, 0.1) is 0 Å². The highest BCUT2D eigenvalue weighted by molar-refractivity contribution is 7.94. The standard InChI is InChI=1S/C12H15NO4S/c1-3-8-18(16,17)13-12(15)11(14)10-6-4-9(2)5-7-10/h4-8H,3H2,1-2H3,(H2,13,15,16,17). The van der Waals surface area contributed by atoms with Crippen molar-refractivity contribution in [3.05, 3.63) is 35.4 Å². The van der Waals surface area contributed by atoms with E-state index in [1.807, 2.05) is 11.6 Å². The van der Waals surface area contributed by atoms with Gasteiger partial charge in [-0.3, -0.25) is 18.9 Å². The van der Waals surface area contributed by atoms with Crippen molar-refractivity contribution in [2.45, 2.75) is 20.3 Å². The van der Waals surface area contributed by atoms with Crippen molar-refractivity contribution in [2.24, 2.45) is 0 Å². The quantitative estimate of drug-likeness (QED) is 0.488. The van der Waals surface area contributed by atoms with Crippen molar-refractivity contribution in [2.75, 3.05) is 0 Å². The number of ketones is 1. The van der Waals surface area contributed by atoms with E-state index in [-0.39, 0.29) is 5.56 Å². The van der Waals surface area contributed by atoms with Crippen molar-refractivity contribution in [1.29, 1.82) is 0 Å². The Labute approximate surface area is 106 Å². The molecule has 0 spiro atoms. The van der Waals surface area contributed by atoms with Crippen LogP contribution in [0.15, 0.2) is 24.3 Å². The first-order chi connectivity index (χ1) is 8.35. The molecule has 0 aromatic heterocycles. The van der Waals surface area contributed by atoms with Gasteiger partial charge in [0.2, 0.25) is 0 Å². The molecule has 1 unspecified atom stereocenters. The maximum absolute atomic E-state index is 11.7. The summed E-state index contributed by atoms with van der Waals surface area (Å²) in [5.41, 5.74) is 1.14. The highest BCUT2D eigenvalue weighted by Gasteiger charge is 2.18. The van der Waals surface area contributed by atoms with Gasteiger partial charge in [0.25, 0.3) is 5.78 Å². The van der Waals surface area contributed by atoms with Gasteiger partial charge in [0, 0.05) is 10.9 Å². The molecule has 6 heteroatoms. The van der Waals surface area contributed by atoms with Crippen molar-refractivity contribution in [3.8, 4) is 0 Å². The number of rotatable bonds is 4. The van der Waals surface area contributed by atoms with Crippen LogP contribution in [-0.4, -0.2) is 25.8 Å². The van der Waals surface area contributed by atoms with Crippen LogP contribution in [0.3, 0.4) is 0 Å². The Morgan fingerprint density at radius 2 is 1.89 bits per heavy atom. The van der Waals surface area contributed by atoms with Crippen LogP contribution in [0.25, 0.3) is 0 Å². The molecule has 0 bridgehead atoms. The van der Waals surface area contributed by atoms with Gasteiger partial charge in [-0.2, -0.15) is 0 Å². The minimum atomic E-state index is -3.59. The van der Waals surface area contributed by atoms with E-state index in [0.29, 0.717) is 6.42 Å². The first kappa shape index (κ1) is 14.4. The Balaban J connectivity index is 2.86. The molecule has 0 aliphatic heterocycles. The van der Waals surface area contributed by atoms with E-state index in [4.69, 9.17) is 0 Å². The normalized spacial score (nSPS) is 13.5. The minimum absolute atomic E-state index is 0.185. The molecule has 0 aliphatic carbocycles. The number of amides is 1. The van der Waals surface area contributed by atoms with Crippen molar-refractivity contribution in [1.82, 2.24) is 4.72 Å². The molecule has 5 nitrogen and oxygen atoms in total. The molecular weight excluding hydrogens is 254 g/mol. The summed E-state index contributed by atoms with van der Waals surface area (Å²) in [6, 6.07) is 6.38. The summed E-state index contributed by atoms with van der Waals surface area (Å²) in [4.78, 5) is 23.2. The summed E-state index contributed by atoms with van der Waals surface area (Å²) < 4.78 is 22.5. The number of carbonyl (C=O) groups excluding carboxylic acids is 2. The summed E-state index contributed by atoms with van der Waals surface area (Å²) in [7, 11) is -3.59. The van der Waals surface area contributed by atoms with Crippen LogP contribution < -0.4 is 4.72 Å². The largest absolute Gasteiger partial charge is 0.305 e. The lowest BCUT2D eigenvalue weighted by molar-refractivity contribution is -0.115. The third kappa shape index (κ3) is 3.97. The maximum atomic E-state index is 11.7. The zero-order valence-electron chi connectivity index (χ0n) is 10.2. The van der Waals surface area contributed by atoms with E-state index in [9.17, 15) is 18.4 Å². The van der Waals surface area contributed by atoms with Crippen LogP contribution in [0.5, 0.6) is 0 Å². The van der Waals surface area contributed by atoms with Gasteiger partial charge < -0.3 is 0 Å². The zero-order chi connectivity index (χ0) is 13.8. The molecule has 0 saturated heterocycles. The summed E-state index contributed by atoms with van der Waals surface area (Å²) in [5, 5.41) is 1.05. The second-order valence-corrected chi connectivity index (χ2v) is 5.44. The lowest BCUT2D eigenvalue weighted by Crippen LogP contribution is -2.36. The lowest BCUT2D eigenvalue weighted by atomic mass is 10.1. The average molecular weight is 269 g/mol. The van der Waals surface area contributed by atoms with Gasteiger partial charge in [-0.1, -0.05) is 36.8 Å². The van der Waals surface area contributed by atoms with Gasteiger partial charge in [-0.25, -0.2) is 4.21 Å². The van der Waals surface area contributed by atoms with Crippen molar-refractivity contribution < 1.29 is 18.4 Å². The van der Waals surface area contributed by atoms with Gasteiger partial charge >= 0.3 is 5.91 Å². The first-order valence-electron chi connectivity index (χ1n) is 5.38. The molecule has 0 heterocycles. The fourth-order valence-electron chi connectivity index (χ4n) is 1.28. The van der Waals surface area contributed by atoms with Gasteiger partial charge in [0.15, 0.2) is 9.99 Å². The van der Waals surface area contributed by atoms with E-state index < -0.39 is 21.7 Å². The molecule has 0 fully saturated rings. The Kier molecular flexibility index (Phi) is 4.63. The third-order valence-corrected chi connectivity index (χ3v) is 3.41. The summed E-state index contributed by atoms with van der Waals surface area (Å²) in [5.74, 6) is -1.92. The van der Waals surface area contributed by atoms with Crippen LogP contribution in [0, 0.1) is 6.92 Å². The second kappa shape index (κ2) is 5.79. The van der Waals surface area contributed by atoms with Gasteiger partial charge in [-0.05, 0) is 13.3 Å². The molecule has 1 aromatic rings. The van der Waals surface area contributed by atoms with E-state index >= 15 is 0 Å². The fraction of sp³-hybridized carbons (Fsp3) is 0.250. The van der Waals surface area contributed by atoms with Crippen LogP contribution >= 0.6 is 0 Å². The molecule has 0 saturated carbocycles. The van der Waals surface area contributed by atoms with Gasteiger partial charge in [0.1, 0.15) is 0 Å². The fourth-order valence-corrected chi connectivity index (χ4v) is 2.18. The van der Waals surface area contributed by atoms with E-state index in [1.165, 1.54) is 12.1 Å². The summed E-state index contributed by atoms with van der Waals surface area (Å²) in [6.45, 7) is 3.51. The number of carbonyl (C=O) groups is 2. The molecule has 0 radical (unpaired) electrons. The topological polar surface area (TPSA) is 83.5 Å².